The number of esters is 1. The zero-order valence-electron chi connectivity index (χ0n) is 21.3. The number of carbonyl (C=O) groups is 5. The number of ether oxygens (including phenoxy) is 1. The Morgan fingerprint density at radius 3 is 2.62 bits per heavy atom. The van der Waals surface area contributed by atoms with Crippen molar-refractivity contribution in [3.63, 3.8) is 0 Å². The fourth-order valence-corrected chi connectivity index (χ4v) is 4.79. The van der Waals surface area contributed by atoms with Gasteiger partial charge in [-0.3, -0.25) is 24.0 Å². The van der Waals surface area contributed by atoms with Crippen molar-refractivity contribution in [2.24, 2.45) is 11.7 Å². The van der Waals surface area contributed by atoms with Crippen LogP contribution in [0.2, 0.25) is 0 Å². The van der Waals surface area contributed by atoms with Gasteiger partial charge in [0.25, 0.3) is 17.4 Å². The highest BCUT2D eigenvalue weighted by atomic mass is 16.5. The van der Waals surface area contributed by atoms with Crippen LogP contribution in [0.3, 0.4) is 0 Å². The van der Waals surface area contributed by atoms with Crippen molar-refractivity contribution in [1.29, 1.82) is 0 Å². The molecule has 0 aliphatic heterocycles. The lowest BCUT2D eigenvalue weighted by Crippen LogP contribution is -2.68. The summed E-state index contributed by atoms with van der Waals surface area (Å²) < 4.78 is 5.74. The van der Waals surface area contributed by atoms with Gasteiger partial charge in [-0.25, -0.2) is 4.79 Å². The first-order valence-corrected chi connectivity index (χ1v) is 12.4. The molecule has 206 valence electrons. The molecule has 6 N–H and O–H groups in total. The number of carbonyl (C=O) groups excluding carboxylic acids is 5. The molecule has 39 heavy (non-hydrogen) atoms. The van der Waals surface area contributed by atoms with Crippen LogP contribution in [0.5, 0.6) is 0 Å². The van der Waals surface area contributed by atoms with Gasteiger partial charge in [0.05, 0.1) is 12.7 Å². The second kappa shape index (κ2) is 11.4. The molecule has 3 aliphatic rings. The summed E-state index contributed by atoms with van der Waals surface area (Å²) in [5.41, 5.74) is 4.53. The predicted molar refractivity (Wildman–Crippen MR) is 139 cm³/mol. The third kappa shape index (κ3) is 6.43. The van der Waals surface area contributed by atoms with Crippen LogP contribution in [0.4, 0.5) is 5.69 Å². The van der Waals surface area contributed by atoms with Gasteiger partial charge in [-0.05, 0) is 56.2 Å². The summed E-state index contributed by atoms with van der Waals surface area (Å²) in [6.07, 6.45) is 8.61. The lowest BCUT2D eigenvalue weighted by atomic mass is 9.50. The zero-order chi connectivity index (χ0) is 28.2. The number of nitrogens with zero attached hydrogens (tertiary/aromatic N) is 1. The molecule has 2 bridgehead atoms. The molecule has 0 unspecified atom stereocenters. The molecule has 5 rings (SSSR count). The highest BCUT2D eigenvalue weighted by Gasteiger charge is 2.57. The van der Waals surface area contributed by atoms with Crippen molar-refractivity contribution in [3.05, 3.63) is 64.4 Å². The molecular formula is C26H30N6O7. The van der Waals surface area contributed by atoms with Crippen LogP contribution in [-0.4, -0.2) is 57.8 Å². The van der Waals surface area contributed by atoms with Crippen LogP contribution in [0.15, 0.2) is 47.5 Å². The number of anilines is 1. The normalized spacial score (nSPS) is 19.8. The van der Waals surface area contributed by atoms with E-state index >= 15 is 0 Å². The van der Waals surface area contributed by atoms with E-state index in [0.717, 1.165) is 19.3 Å². The van der Waals surface area contributed by atoms with Crippen molar-refractivity contribution in [3.8, 4) is 0 Å². The first-order chi connectivity index (χ1) is 18.6. The van der Waals surface area contributed by atoms with Crippen molar-refractivity contribution in [1.82, 2.24) is 20.2 Å². The van der Waals surface area contributed by atoms with Crippen LogP contribution >= 0.6 is 0 Å². The number of nitrogens with two attached hydrogens (primary N) is 1. The van der Waals surface area contributed by atoms with E-state index in [1.54, 1.807) is 0 Å². The van der Waals surface area contributed by atoms with Gasteiger partial charge in [-0.2, -0.15) is 0 Å². The molecule has 3 aliphatic carbocycles. The van der Waals surface area contributed by atoms with E-state index in [1.165, 1.54) is 54.4 Å². The largest absolute Gasteiger partial charge is 0.466 e. The van der Waals surface area contributed by atoms with Gasteiger partial charge in [-0.15, -0.1) is 0 Å². The highest BCUT2D eigenvalue weighted by Crippen LogP contribution is 2.56. The molecule has 0 aromatic carbocycles. The Morgan fingerprint density at radius 2 is 2.00 bits per heavy atom. The van der Waals surface area contributed by atoms with Gasteiger partial charge >= 0.3 is 5.97 Å². The average molecular weight is 539 g/mol. The zero-order valence-corrected chi connectivity index (χ0v) is 21.3. The first kappa shape index (κ1) is 27.4. The third-order valence-electron chi connectivity index (χ3n) is 6.94. The van der Waals surface area contributed by atoms with Crippen LogP contribution in [-0.2, 0) is 25.7 Å². The second-order valence-corrected chi connectivity index (χ2v) is 9.85. The van der Waals surface area contributed by atoms with Gasteiger partial charge in [0.2, 0.25) is 11.8 Å². The average Bonchev–Trinajstić information content (AvgIpc) is 3.35. The van der Waals surface area contributed by atoms with Crippen LogP contribution < -0.4 is 27.2 Å². The quantitative estimate of drug-likeness (QED) is 0.188. The number of nitrogens with one attached hydrogen (secondary N) is 4. The number of primary amides is 1. The lowest BCUT2D eigenvalue weighted by molar-refractivity contribution is -0.135. The fraction of sp³-hybridized carbons (Fsp3) is 0.385. The molecule has 1 atom stereocenters. The SMILES string of the molecule is COC(=O)/C=C/CC[C@H](NC(=O)c1c[nH]c(C(N)=O)c1)C(=O)Nc1cccn(CC(=O)NC23CC(C2)C3)c1=O. The van der Waals surface area contributed by atoms with Crippen molar-refractivity contribution in [2.45, 2.75) is 50.2 Å². The van der Waals surface area contributed by atoms with Crippen LogP contribution in [0.1, 0.15) is 53.0 Å². The predicted octanol–water partition coefficient (Wildman–Crippen LogP) is 0.191. The van der Waals surface area contributed by atoms with E-state index in [9.17, 15) is 28.8 Å². The molecule has 3 fully saturated rings. The Balaban J connectivity index is 1.44. The molecule has 4 amide bonds. The number of aromatic nitrogens is 2. The Labute approximate surface area is 223 Å². The third-order valence-corrected chi connectivity index (χ3v) is 6.94. The smallest absolute Gasteiger partial charge is 0.330 e. The maximum atomic E-state index is 13.2. The number of pyridine rings is 1. The van der Waals surface area contributed by atoms with E-state index in [1.807, 2.05) is 0 Å². The maximum Gasteiger partial charge on any atom is 0.330 e. The Bertz CT molecular complexity index is 1370. The number of allylic oxidation sites excluding steroid dienone is 1. The molecule has 0 radical (unpaired) electrons. The van der Waals surface area contributed by atoms with Gasteiger partial charge in [-0.1, -0.05) is 6.08 Å². The molecule has 13 heteroatoms. The van der Waals surface area contributed by atoms with Gasteiger partial charge in [0.1, 0.15) is 24.0 Å². The molecular weight excluding hydrogens is 508 g/mol. The van der Waals surface area contributed by atoms with E-state index in [4.69, 9.17) is 5.73 Å². The molecule has 0 spiro atoms. The summed E-state index contributed by atoms with van der Waals surface area (Å²) >= 11 is 0. The summed E-state index contributed by atoms with van der Waals surface area (Å²) in [5, 5.41) is 8.09. The summed E-state index contributed by atoms with van der Waals surface area (Å²) in [6.45, 7) is -0.191. The van der Waals surface area contributed by atoms with E-state index in [0.29, 0.717) is 5.92 Å². The summed E-state index contributed by atoms with van der Waals surface area (Å²) in [6, 6.07) is 3.06. The van der Waals surface area contributed by atoms with Gasteiger partial charge < -0.3 is 36.0 Å². The van der Waals surface area contributed by atoms with Crippen molar-refractivity contribution < 1.29 is 28.7 Å². The summed E-state index contributed by atoms with van der Waals surface area (Å²) in [5.74, 6) is -2.26. The second-order valence-electron chi connectivity index (χ2n) is 9.85. The minimum Gasteiger partial charge on any atom is -0.466 e. The highest BCUT2D eigenvalue weighted by molar-refractivity contribution is 6.02. The minimum atomic E-state index is -1.12. The van der Waals surface area contributed by atoms with E-state index in [-0.39, 0.29) is 47.8 Å². The molecule has 0 saturated heterocycles. The number of aromatic amines is 1. The standard InChI is InChI=1S/C26H30N6O7/c1-39-21(34)7-3-2-5-17(29-23(36)16-9-19(22(27)35)28-13-16)24(37)30-18-6-4-8-32(25(18)38)14-20(33)31-26-10-15(11-26)12-26/h3-4,6-9,13,15,17,28H,2,5,10-12,14H2,1H3,(H2,27,35)(H,29,36)(H,30,37)(H,31,33)/b7-3+/t15?,17-,26?/m0/s1. The molecule has 13 nitrogen and oxygen atoms in total. The van der Waals surface area contributed by atoms with Gasteiger partial charge in [0, 0.05) is 24.0 Å². The Hall–Kier alpha value is -4.68. The molecule has 3 saturated carbocycles. The summed E-state index contributed by atoms with van der Waals surface area (Å²) in [7, 11) is 1.23. The van der Waals surface area contributed by atoms with Gasteiger partial charge in [0.15, 0.2) is 0 Å². The summed E-state index contributed by atoms with van der Waals surface area (Å²) in [4.78, 5) is 76.6. The van der Waals surface area contributed by atoms with Crippen molar-refractivity contribution in [2.75, 3.05) is 12.4 Å². The topological polar surface area (TPSA) is 194 Å². The molecule has 2 heterocycles. The minimum absolute atomic E-state index is 0.0186. The Kier molecular flexibility index (Phi) is 7.98. The fourth-order valence-electron chi connectivity index (χ4n) is 4.79. The monoisotopic (exact) mass is 538 g/mol. The lowest BCUT2D eigenvalue weighted by Gasteiger charge is -2.61. The van der Waals surface area contributed by atoms with Crippen LogP contribution in [0, 0.1) is 5.92 Å². The van der Waals surface area contributed by atoms with Crippen molar-refractivity contribution >= 4 is 35.3 Å². The number of methoxy groups -OCH3 is 1. The first-order valence-electron chi connectivity index (χ1n) is 12.4. The number of hydrogen-bond acceptors (Lipinski definition) is 7. The van der Waals surface area contributed by atoms with Crippen LogP contribution in [0.25, 0.3) is 0 Å². The Morgan fingerprint density at radius 1 is 1.26 bits per heavy atom. The molecule has 2 aromatic rings. The number of H-pyrrole nitrogens is 1. The molecule has 2 aromatic heterocycles. The maximum absolute atomic E-state index is 13.2. The van der Waals surface area contributed by atoms with E-state index < -0.39 is 35.3 Å². The van der Waals surface area contributed by atoms with E-state index in [2.05, 4.69) is 25.7 Å². The number of amides is 4. The number of hydrogen-bond donors (Lipinski definition) is 5. The number of rotatable bonds is 12.